The Balaban J connectivity index is 1.78. The van der Waals surface area contributed by atoms with Gasteiger partial charge in [0.15, 0.2) is 0 Å². The monoisotopic (exact) mass is 473 g/mol. The zero-order valence-electron chi connectivity index (χ0n) is 16.0. The molecule has 2 heterocycles. The summed E-state index contributed by atoms with van der Waals surface area (Å²) in [6.45, 7) is 3.67. The maximum absolute atomic E-state index is 12.5. The third-order valence-electron chi connectivity index (χ3n) is 4.44. The summed E-state index contributed by atoms with van der Waals surface area (Å²) in [6.07, 6.45) is -0.394. The SMILES string of the molecule is CCOC(=O)N1CCN(c2ccc(NS(=O)(=O)c3ccc(Cl)s3)cc2C(=O)O)CC1. The molecule has 1 amide bonds. The summed E-state index contributed by atoms with van der Waals surface area (Å²) in [5.74, 6) is -1.18. The fourth-order valence-electron chi connectivity index (χ4n) is 3.04. The smallest absolute Gasteiger partial charge is 0.409 e. The fourth-order valence-corrected chi connectivity index (χ4v) is 5.57. The number of sulfonamides is 1. The summed E-state index contributed by atoms with van der Waals surface area (Å²) >= 11 is 6.71. The Labute approximate surface area is 182 Å². The molecule has 30 heavy (non-hydrogen) atoms. The van der Waals surface area contributed by atoms with Crippen molar-refractivity contribution in [1.29, 1.82) is 0 Å². The highest BCUT2D eigenvalue weighted by atomic mass is 35.5. The number of carbonyl (C=O) groups excluding carboxylic acids is 1. The number of nitrogens with zero attached hydrogens (tertiary/aromatic N) is 2. The average molecular weight is 474 g/mol. The number of thiophene rings is 1. The van der Waals surface area contributed by atoms with Gasteiger partial charge in [0.2, 0.25) is 0 Å². The number of amides is 1. The second-order valence-corrected chi connectivity index (χ2v) is 10.00. The van der Waals surface area contributed by atoms with Crippen LogP contribution in [-0.4, -0.2) is 63.3 Å². The average Bonchev–Trinajstić information content (AvgIpc) is 3.15. The second-order valence-electron chi connectivity index (χ2n) is 6.37. The van der Waals surface area contributed by atoms with Crippen LogP contribution in [0.5, 0.6) is 0 Å². The molecule has 1 aliphatic heterocycles. The van der Waals surface area contributed by atoms with Crippen LogP contribution in [0.3, 0.4) is 0 Å². The van der Waals surface area contributed by atoms with Crippen LogP contribution in [0.15, 0.2) is 34.5 Å². The van der Waals surface area contributed by atoms with E-state index in [4.69, 9.17) is 16.3 Å². The number of anilines is 2. The van der Waals surface area contributed by atoms with Gasteiger partial charge in [-0.15, -0.1) is 11.3 Å². The van der Waals surface area contributed by atoms with Crippen molar-refractivity contribution in [2.45, 2.75) is 11.1 Å². The van der Waals surface area contributed by atoms with Crippen LogP contribution in [0, 0.1) is 0 Å². The summed E-state index contributed by atoms with van der Waals surface area (Å²) in [5, 5.41) is 9.65. The Hall–Kier alpha value is -2.50. The van der Waals surface area contributed by atoms with Gasteiger partial charge in [-0.25, -0.2) is 18.0 Å². The minimum Gasteiger partial charge on any atom is -0.478 e. The normalized spacial score (nSPS) is 14.5. The number of nitrogens with one attached hydrogen (secondary N) is 1. The first-order valence-corrected chi connectivity index (χ1v) is 11.7. The van der Waals surface area contributed by atoms with Crippen LogP contribution in [0.2, 0.25) is 4.34 Å². The quantitative estimate of drug-likeness (QED) is 0.661. The molecule has 9 nitrogen and oxygen atoms in total. The van der Waals surface area contributed by atoms with Gasteiger partial charge in [-0.3, -0.25) is 4.72 Å². The number of benzene rings is 1. The first-order valence-electron chi connectivity index (χ1n) is 9.03. The number of carbonyl (C=O) groups is 2. The molecule has 3 rings (SSSR count). The molecule has 162 valence electrons. The summed E-state index contributed by atoms with van der Waals surface area (Å²) in [7, 11) is -3.88. The van der Waals surface area contributed by atoms with Gasteiger partial charge in [-0.05, 0) is 37.3 Å². The largest absolute Gasteiger partial charge is 0.478 e. The third-order valence-corrected chi connectivity index (χ3v) is 7.54. The van der Waals surface area contributed by atoms with E-state index in [0.717, 1.165) is 11.3 Å². The van der Waals surface area contributed by atoms with E-state index in [2.05, 4.69) is 4.72 Å². The predicted octanol–water partition coefficient (Wildman–Crippen LogP) is 3.18. The molecular formula is C18H20ClN3O6S2. The molecule has 12 heteroatoms. The first-order chi connectivity index (χ1) is 14.2. The highest BCUT2D eigenvalue weighted by Crippen LogP contribution is 2.30. The molecule has 0 radical (unpaired) electrons. The minimum atomic E-state index is -3.88. The third kappa shape index (κ3) is 4.97. The number of ether oxygens (including phenoxy) is 1. The lowest BCUT2D eigenvalue weighted by atomic mass is 10.1. The summed E-state index contributed by atoms with van der Waals surface area (Å²) in [6, 6.07) is 7.20. The van der Waals surface area contributed by atoms with Gasteiger partial charge >= 0.3 is 12.1 Å². The van der Waals surface area contributed by atoms with Gasteiger partial charge in [-0.1, -0.05) is 11.6 Å². The number of rotatable bonds is 6. The summed E-state index contributed by atoms with van der Waals surface area (Å²) in [4.78, 5) is 27.0. The lowest BCUT2D eigenvalue weighted by Crippen LogP contribution is -2.49. The Kier molecular flexibility index (Phi) is 6.74. The first kappa shape index (κ1) is 22.2. The van der Waals surface area contributed by atoms with Crippen molar-refractivity contribution in [2.24, 2.45) is 0 Å². The molecule has 1 aromatic carbocycles. The maximum Gasteiger partial charge on any atom is 0.409 e. The molecule has 2 N–H and O–H groups in total. The fraction of sp³-hybridized carbons (Fsp3) is 0.333. The van der Waals surface area contributed by atoms with Crippen LogP contribution >= 0.6 is 22.9 Å². The Bertz CT molecular complexity index is 1050. The number of aromatic carboxylic acids is 1. The number of hydrogen-bond donors (Lipinski definition) is 2. The Morgan fingerprint density at radius 1 is 1.20 bits per heavy atom. The zero-order chi connectivity index (χ0) is 21.9. The molecule has 0 unspecified atom stereocenters. The van der Waals surface area contributed by atoms with Gasteiger partial charge in [0, 0.05) is 31.9 Å². The zero-order valence-corrected chi connectivity index (χ0v) is 18.4. The van der Waals surface area contributed by atoms with Gasteiger partial charge in [0.25, 0.3) is 10.0 Å². The van der Waals surface area contributed by atoms with Crippen LogP contribution in [-0.2, 0) is 14.8 Å². The molecule has 1 fully saturated rings. The maximum atomic E-state index is 12.5. The highest BCUT2D eigenvalue weighted by Gasteiger charge is 2.25. The van der Waals surface area contributed by atoms with Crippen LogP contribution in [0.25, 0.3) is 0 Å². The molecule has 0 saturated carbocycles. The van der Waals surface area contributed by atoms with Crippen molar-refractivity contribution >= 4 is 56.4 Å². The van der Waals surface area contributed by atoms with Crippen molar-refractivity contribution in [3.8, 4) is 0 Å². The van der Waals surface area contributed by atoms with Crippen molar-refractivity contribution in [3.05, 3.63) is 40.2 Å². The molecule has 1 saturated heterocycles. The number of halogens is 1. The topological polar surface area (TPSA) is 116 Å². The van der Waals surface area contributed by atoms with E-state index in [1.165, 1.54) is 24.3 Å². The second kappa shape index (κ2) is 9.11. The minimum absolute atomic E-state index is 0.0311. The number of carboxylic acid groups (broad SMARTS) is 1. The molecule has 0 bridgehead atoms. The lowest BCUT2D eigenvalue weighted by Gasteiger charge is -2.36. The predicted molar refractivity (Wildman–Crippen MR) is 114 cm³/mol. The van der Waals surface area contributed by atoms with E-state index >= 15 is 0 Å². The molecule has 1 aliphatic rings. The molecule has 2 aromatic rings. The lowest BCUT2D eigenvalue weighted by molar-refractivity contribution is 0.0696. The number of hydrogen-bond acceptors (Lipinski definition) is 7. The van der Waals surface area contributed by atoms with E-state index in [9.17, 15) is 23.1 Å². The van der Waals surface area contributed by atoms with Crippen LogP contribution in [0.4, 0.5) is 16.2 Å². The van der Waals surface area contributed by atoms with Crippen molar-refractivity contribution in [1.82, 2.24) is 4.90 Å². The number of piperazine rings is 1. The Morgan fingerprint density at radius 3 is 2.47 bits per heavy atom. The van der Waals surface area contributed by atoms with Gasteiger partial charge in [-0.2, -0.15) is 0 Å². The van der Waals surface area contributed by atoms with Crippen LogP contribution in [0.1, 0.15) is 17.3 Å². The van der Waals surface area contributed by atoms with E-state index in [0.29, 0.717) is 36.2 Å². The van der Waals surface area contributed by atoms with Gasteiger partial charge in [0.05, 0.1) is 22.2 Å². The van der Waals surface area contributed by atoms with E-state index in [1.54, 1.807) is 17.9 Å². The van der Waals surface area contributed by atoms with Crippen molar-refractivity contribution < 1.29 is 27.9 Å². The summed E-state index contributed by atoms with van der Waals surface area (Å²) < 4.78 is 32.7. The molecule has 0 atom stereocenters. The van der Waals surface area contributed by atoms with Gasteiger partial charge in [0.1, 0.15) is 4.21 Å². The number of carboxylic acids is 1. The van der Waals surface area contributed by atoms with E-state index in [1.807, 2.05) is 4.90 Å². The van der Waals surface area contributed by atoms with Gasteiger partial charge < -0.3 is 19.6 Å². The van der Waals surface area contributed by atoms with E-state index in [-0.39, 0.29) is 22.1 Å². The molecule has 0 aliphatic carbocycles. The molecule has 1 aromatic heterocycles. The van der Waals surface area contributed by atoms with Crippen molar-refractivity contribution in [3.63, 3.8) is 0 Å². The van der Waals surface area contributed by atoms with E-state index < -0.39 is 22.1 Å². The Morgan fingerprint density at radius 2 is 1.90 bits per heavy atom. The van der Waals surface area contributed by atoms with Crippen molar-refractivity contribution in [2.75, 3.05) is 42.4 Å². The summed E-state index contributed by atoms with van der Waals surface area (Å²) in [5.41, 5.74) is 0.544. The molecule has 0 spiro atoms. The highest BCUT2D eigenvalue weighted by molar-refractivity contribution is 7.94. The van der Waals surface area contributed by atoms with Crippen LogP contribution < -0.4 is 9.62 Å². The standard InChI is InChI=1S/C18H20ClN3O6S2/c1-2-28-18(25)22-9-7-21(8-10-22)14-4-3-12(11-13(14)17(23)24)20-30(26,27)16-6-5-15(19)29-16/h3-6,11,20H,2,7-10H2,1H3,(H,23,24). The molecular weight excluding hydrogens is 454 g/mol.